The van der Waals surface area contributed by atoms with Gasteiger partial charge in [0.1, 0.15) is 0 Å². The van der Waals surface area contributed by atoms with Gasteiger partial charge in [0.2, 0.25) is 17.7 Å². The van der Waals surface area contributed by atoms with E-state index >= 15 is 0 Å². The number of benzene rings is 1. The van der Waals surface area contributed by atoms with Gasteiger partial charge in [-0.15, -0.1) is 0 Å². The van der Waals surface area contributed by atoms with E-state index < -0.39 is 0 Å². The number of nitrogens with one attached hydrogen (secondary N) is 2. The normalized spacial score (nSPS) is 21.7. The van der Waals surface area contributed by atoms with Crippen LogP contribution in [0.5, 0.6) is 0 Å². The van der Waals surface area contributed by atoms with Gasteiger partial charge in [0.15, 0.2) is 0 Å². The van der Waals surface area contributed by atoms with Crippen LogP contribution in [-0.2, 0) is 20.9 Å². The van der Waals surface area contributed by atoms with Crippen molar-refractivity contribution in [3.8, 4) is 0 Å². The van der Waals surface area contributed by atoms with E-state index in [1.165, 1.54) is 17.7 Å². The molecule has 6 heteroatoms. The summed E-state index contributed by atoms with van der Waals surface area (Å²) in [5.41, 5.74) is 1.63. The predicted octanol–water partition coefficient (Wildman–Crippen LogP) is 2.30. The Labute approximate surface area is 154 Å². The van der Waals surface area contributed by atoms with Crippen LogP contribution in [0.1, 0.15) is 44.6 Å². The van der Waals surface area contributed by atoms with Crippen molar-refractivity contribution >= 4 is 23.4 Å². The molecule has 2 heterocycles. The van der Waals surface area contributed by atoms with Crippen molar-refractivity contribution in [3.63, 3.8) is 0 Å². The fraction of sp³-hybridized carbons (Fsp3) is 0.550. The molecule has 3 rings (SSSR count). The van der Waals surface area contributed by atoms with Crippen LogP contribution in [-0.4, -0.2) is 35.7 Å². The summed E-state index contributed by atoms with van der Waals surface area (Å²) in [6.07, 6.45) is 3.50. The van der Waals surface area contributed by atoms with E-state index in [0.717, 1.165) is 24.3 Å². The number of anilines is 1. The second kappa shape index (κ2) is 8.45. The van der Waals surface area contributed by atoms with Gasteiger partial charge >= 0.3 is 0 Å². The summed E-state index contributed by atoms with van der Waals surface area (Å²) in [6.45, 7) is 4.52. The summed E-state index contributed by atoms with van der Waals surface area (Å²) in [5, 5.41) is 6.34. The lowest BCUT2D eigenvalue weighted by Gasteiger charge is -2.28. The molecule has 0 aliphatic carbocycles. The van der Waals surface area contributed by atoms with E-state index in [2.05, 4.69) is 17.6 Å². The average Bonchev–Trinajstić information content (AvgIpc) is 2.96. The van der Waals surface area contributed by atoms with Crippen molar-refractivity contribution in [1.82, 2.24) is 10.2 Å². The molecule has 140 valence electrons. The summed E-state index contributed by atoms with van der Waals surface area (Å²) in [7, 11) is 0. The first-order valence-corrected chi connectivity index (χ1v) is 9.45. The highest BCUT2D eigenvalue weighted by molar-refractivity contribution is 6.01. The molecule has 2 unspecified atom stereocenters. The van der Waals surface area contributed by atoms with Crippen LogP contribution < -0.4 is 10.6 Å². The largest absolute Gasteiger partial charge is 0.326 e. The molecule has 2 fully saturated rings. The van der Waals surface area contributed by atoms with Gasteiger partial charge in [0, 0.05) is 24.9 Å². The third-order valence-electron chi connectivity index (χ3n) is 5.38. The predicted molar refractivity (Wildman–Crippen MR) is 99.2 cm³/mol. The summed E-state index contributed by atoms with van der Waals surface area (Å²) < 4.78 is 0. The molecule has 0 spiro atoms. The van der Waals surface area contributed by atoms with Crippen molar-refractivity contribution in [2.24, 2.45) is 11.8 Å². The highest BCUT2D eigenvalue weighted by Gasteiger charge is 2.28. The van der Waals surface area contributed by atoms with Gasteiger partial charge in [-0.3, -0.25) is 19.3 Å². The Morgan fingerprint density at radius 1 is 1.23 bits per heavy atom. The summed E-state index contributed by atoms with van der Waals surface area (Å²) in [4.78, 5) is 36.9. The Balaban J connectivity index is 1.49. The second-order valence-corrected chi connectivity index (χ2v) is 7.41. The Morgan fingerprint density at radius 3 is 2.54 bits per heavy atom. The van der Waals surface area contributed by atoms with Crippen LogP contribution in [0.15, 0.2) is 24.3 Å². The number of carbonyl (C=O) groups is 3. The maximum Gasteiger partial charge on any atom is 0.229 e. The van der Waals surface area contributed by atoms with Crippen LogP contribution in [0.4, 0.5) is 5.69 Å². The molecule has 2 aliphatic rings. The molecule has 2 aliphatic heterocycles. The number of carbonyl (C=O) groups excluding carboxylic acids is 3. The van der Waals surface area contributed by atoms with Gasteiger partial charge in [0.25, 0.3) is 0 Å². The summed E-state index contributed by atoms with van der Waals surface area (Å²) in [5.74, 6) is 0.722. The van der Waals surface area contributed by atoms with E-state index in [0.29, 0.717) is 37.6 Å². The topological polar surface area (TPSA) is 78.5 Å². The maximum absolute atomic E-state index is 12.3. The van der Waals surface area contributed by atoms with Crippen molar-refractivity contribution in [2.45, 2.75) is 45.6 Å². The second-order valence-electron chi connectivity index (χ2n) is 7.41. The molecule has 3 amide bonds. The molecule has 2 N–H and O–H groups in total. The fourth-order valence-electron chi connectivity index (χ4n) is 3.71. The maximum atomic E-state index is 12.3. The molecule has 2 saturated heterocycles. The minimum absolute atomic E-state index is 0.0284. The molecule has 2 atom stereocenters. The molecule has 0 radical (unpaired) electrons. The van der Waals surface area contributed by atoms with Gasteiger partial charge in [0.05, 0.1) is 6.54 Å². The number of nitrogens with zero attached hydrogens (tertiary/aromatic N) is 1. The lowest BCUT2D eigenvalue weighted by molar-refractivity contribution is -0.139. The third kappa shape index (κ3) is 4.69. The van der Waals surface area contributed by atoms with Gasteiger partial charge in [-0.1, -0.05) is 19.1 Å². The molecule has 0 saturated carbocycles. The van der Waals surface area contributed by atoms with E-state index in [1.807, 2.05) is 24.3 Å². The monoisotopic (exact) mass is 357 g/mol. The Morgan fingerprint density at radius 2 is 1.92 bits per heavy atom. The first-order chi connectivity index (χ1) is 12.5. The van der Waals surface area contributed by atoms with Crippen LogP contribution in [0.25, 0.3) is 0 Å². The number of likely N-dealkylation sites (tertiary alicyclic amines) is 1. The highest BCUT2D eigenvalue weighted by atomic mass is 16.2. The van der Waals surface area contributed by atoms with E-state index in [4.69, 9.17) is 0 Å². The smallest absolute Gasteiger partial charge is 0.229 e. The van der Waals surface area contributed by atoms with Crippen LogP contribution in [0.3, 0.4) is 0 Å². The van der Waals surface area contributed by atoms with Crippen LogP contribution in [0.2, 0.25) is 0 Å². The number of hydrogen-bond acceptors (Lipinski definition) is 4. The number of piperidine rings is 1. The zero-order valence-electron chi connectivity index (χ0n) is 15.3. The van der Waals surface area contributed by atoms with Gasteiger partial charge in [-0.05, 0) is 55.5 Å². The first-order valence-electron chi connectivity index (χ1n) is 9.45. The number of hydrogen-bond donors (Lipinski definition) is 2. The average molecular weight is 357 g/mol. The standard InChI is InChI=1S/C20H27N3O3/c1-14(16-3-2-10-21-12-16)11-18(24)22-17-6-4-15(5-7-17)13-23-19(25)8-9-20(23)26/h4-7,14,16,21H,2-3,8-13H2,1H3,(H,22,24). The zero-order chi connectivity index (χ0) is 18.5. The third-order valence-corrected chi connectivity index (χ3v) is 5.38. The molecular weight excluding hydrogens is 330 g/mol. The molecule has 26 heavy (non-hydrogen) atoms. The van der Waals surface area contributed by atoms with Gasteiger partial charge in [-0.25, -0.2) is 0 Å². The Hall–Kier alpha value is -2.21. The molecule has 0 bridgehead atoms. The molecular formula is C20H27N3O3. The van der Waals surface area contributed by atoms with Crippen molar-refractivity contribution in [3.05, 3.63) is 29.8 Å². The number of imide groups is 1. The lowest BCUT2D eigenvalue weighted by Crippen LogP contribution is -2.34. The Bertz CT molecular complexity index is 649. The highest BCUT2D eigenvalue weighted by Crippen LogP contribution is 2.23. The summed E-state index contributed by atoms with van der Waals surface area (Å²) in [6, 6.07) is 7.35. The molecule has 0 aromatic heterocycles. The minimum atomic E-state index is -0.112. The number of rotatable bonds is 6. The van der Waals surface area contributed by atoms with Gasteiger partial charge in [-0.2, -0.15) is 0 Å². The Kier molecular flexibility index (Phi) is 6.04. The quantitative estimate of drug-likeness (QED) is 0.766. The SMILES string of the molecule is CC(CC(=O)Nc1ccc(CN2C(=O)CCC2=O)cc1)C1CCCNC1. The van der Waals surface area contributed by atoms with Crippen molar-refractivity contribution in [1.29, 1.82) is 0 Å². The van der Waals surface area contributed by atoms with Crippen LogP contribution in [0, 0.1) is 11.8 Å². The zero-order valence-corrected chi connectivity index (χ0v) is 15.3. The molecule has 1 aromatic rings. The first kappa shape index (κ1) is 18.6. The van der Waals surface area contributed by atoms with E-state index in [-0.39, 0.29) is 17.7 Å². The minimum Gasteiger partial charge on any atom is -0.326 e. The summed E-state index contributed by atoms with van der Waals surface area (Å²) >= 11 is 0. The lowest BCUT2D eigenvalue weighted by atomic mass is 9.85. The van der Waals surface area contributed by atoms with Crippen molar-refractivity contribution in [2.75, 3.05) is 18.4 Å². The van der Waals surface area contributed by atoms with Crippen molar-refractivity contribution < 1.29 is 14.4 Å². The van der Waals surface area contributed by atoms with E-state index in [1.54, 1.807) is 0 Å². The van der Waals surface area contributed by atoms with E-state index in [9.17, 15) is 14.4 Å². The molecule has 1 aromatic carbocycles. The number of amides is 3. The van der Waals surface area contributed by atoms with Crippen LogP contribution >= 0.6 is 0 Å². The molecule has 6 nitrogen and oxygen atoms in total. The van der Waals surface area contributed by atoms with Gasteiger partial charge < -0.3 is 10.6 Å². The fourth-order valence-corrected chi connectivity index (χ4v) is 3.71.